The summed E-state index contributed by atoms with van der Waals surface area (Å²) in [5.41, 5.74) is 1.08. The molecule has 0 bridgehead atoms. The van der Waals surface area contributed by atoms with Gasteiger partial charge in [0.1, 0.15) is 17.4 Å². The first kappa shape index (κ1) is 20.5. The zero-order valence-corrected chi connectivity index (χ0v) is 17.6. The van der Waals surface area contributed by atoms with Gasteiger partial charge in [0, 0.05) is 25.6 Å². The van der Waals surface area contributed by atoms with Crippen LogP contribution in [0, 0.1) is 6.92 Å². The Morgan fingerprint density at radius 2 is 2.27 bits per heavy atom. The first-order valence-corrected chi connectivity index (χ1v) is 8.87. The van der Waals surface area contributed by atoms with Crippen LogP contribution in [0.4, 0.5) is 0 Å². The highest BCUT2D eigenvalue weighted by Crippen LogP contribution is 2.13. The number of benzene rings is 1. The second kappa shape index (κ2) is 9.75. The van der Waals surface area contributed by atoms with E-state index < -0.39 is 0 Å². The highest BCUT2D eigenvalue weighted by Gasteiger charge is 2.21. The topological polar surface area (TPSA) is 87.4 Å². The van der Waals surface area contributed by atoms with Crippen LogP contribution in [0.2, 0.25) is 0 Å². The molecule has 26 heavy (non-hydrogen) atoms. The number of rotatable bonds is 5. The zero-order chi connectivity index (χ0) is 17.6. The van der Waals surface area contributed by atoms with Crippen LogP contribution in [-0.4, -0.2) is 45.0 Å². The third-order valence-corrected chi connectivity index (χ3v) is 4.23. The predicted octanol–water partition coefficient (Wildman–Crippen LogP) is 2.02. The van der Waals surface area contributed by atoms with Gasteiger partial charge >= 0.3 is 0 Å². The molecule has 3 N–H and O–H groups in total. The van der Waals surface area contributed by atoms with Crippen molar-refractivity contribution >= 4 is 29.9 Å². The fourth-order valence-corrected chi connectivity index (χ4v) is 3.07. The summed E-state index contributed by atoms with van der Waals surface area (Å²) < 4.78 is 1.99. The van der Waals surface area contributed by atoms with E-state index in [1.807, 2.05) is 23.7 Å². The van der Waals surface area contributed by atoms with Crippen LogP contribution in [0.15, 0.2) is 29.3 Å². The van der Waals surface area contributed by atoms with Gasteiger partial charge in [0.15, 0.2) is 5.96 Å². The van der Waals surface area contributed by atoms with Gasteiger partial charge in [-0.3, -0.25) is 4.99 Å². The van der Waals surface area contributed by atoms with Crippen LogP contribution < -0.4 is 10.6 Å². The smallest absolute Gasteiger partial charge is 0.191 e. The van der Waals surface area contributed by atoms with Crippen LogP contribution in [0.3, 0.4) is 0 Å². The third-order valence-electron chi connectivity index (χ3n) is 4.23. The Balaban J connectivity index is 0.00000243. The summed E-state index contributed by atoms with van der Waals surface area (Å²) in [6.45, 7) is 6.29. The van der Waals surface area contributed by atoms with Crippen molar-refractivity contribution in [2.24, 2.45) is 4.99 Å². The highest BCUT2D eigenvalue weighted by atomic mass is 127. The van der Waals surface area contributed by atoms with Gasteiger partial charge in [0.05, 0.1) is 6.54 Å². The van der Waals surface area contributed by atoms with E-state index in [4.69, 9.17) is 0 Å². The average molecular weight is 470 g/mol. The normalized spacial score (nSPS) is 16.5. The largest absolute Gasteiger partial charge is 0.508 e. The highest BCUT2D eigenvalue weighted by molar-refractivity contribution is 14.0. The number of aliphatic imine (C=N–C) groups is 1. The van der Waals surface area contributed by atoms with Gasteiger partial charge in [-0.05, 0) is 44.4 Å². The molecule has 1 aromatic heterocycles. The lowest BCUT2D eigenvalue weighted by Crippen LogP contribution is -2.47. The number of aromatic hydroxyl groups is 1. The van der Waals surface area contributed by atoms with Crippen molar-refractivity contribution in [2.45, 2.75) is 45.7 Å². The fraction of sp³-hybridized carbons (Fsp3) is 0.500. The quantitative estimate of drug-likeness (QED) is 0.354. The molecule has 1 aliphatic rings. The predicted molar refractivity (Wildman–Crippen MR) is 113 cm³/mol. The number of nitrogens with one attached hydrogen (secondary N) is 2. The molecular weight excluding hydrogens is 443 g/mol. The molecule has 0 aliphatic carbocycles. The van der Waals surface area contributed by atoms with Crippen molar-refractivity contribution in [1.29, 1.82) is 0 Å². The van der Waals surface area contributed by atoms with Gasteiger partial charge in [-0.25, -0.2) is 9.67 Å². The number of aromatic nitrogens is 3. The molecule has 2 heterocycles. The minimum absolute atomic E-state index is 0. The Labute approximate surface area is 171 Å². The summed E-state index contributed by atoms with van der Waals surface area (Å²) in [7, 11) is 0. The third kappa shape index (κ3) is 5.58. The van der Waals surface area contributed by atoms with Crippen LogP contribution in [-0.2, 0) is 19.4 Å². The lowest BCUT2D eigenvalue weighted by atomic mass is 10.1. The second-order valence-electron chi connectivity index (χ2n) is 6.32. The van der Waals surface area contributed by atoms with E-state index in [-0.39, 0.29) is 24.0 Å². The van der Waals surface area contributed by atoms with Gasteiger partial charge in [-0.2, -0.15) is 5.10 Å². The number of aryl methyl sites for hydroxylation is 2. The maximum atomic E-state index is 9.53. The molecule has 8 heteroatoms. The Kier molecular flexibility index (Phi) is 7.67. The molecule has 1 unspecified atom stereocenters. The van der Waals surface area contributed by atoms with Gasteiger partial charge < -0.3 is 15.7 Å². The minimum Gasteiger partial charge on any atom is -0.508 e. The van der Waals surface area contributed by atoms with E-state index in [9.17, 15) is 5.11 Å². The molecule has 142 valence electrons. The van der Waals surface area contributed by atoms with E-state index in [0.29, 0.717) is 18.3 Å². The van der Waals surface area contributed by atoms with E-state index >= 15 is 0 Å². The molecule has 1 aliphatic heterocycles. The summed E-state index contributed by atoms with van der Waals surface area (Å²) in [6, 6.07) is 7.63. The number of hydrogen-bond acceptors (Lipinski definition) is 4. The lowest BCUT2D eigenvalue weighted by molar-refractivity contribution is 0.392. The summed E-state index contributed by atoms with van der Waals surface area (Å²) in [6.07, 6.45) is 2.75. The summed E-state index contributed by atoms with van der Waals surface area (Å²) in [4.78, 5) is 9.11. The first-order chi connectivity index (χ1) is 12.1. The molecule has 7 nitrogen and oxygen atoms in total. The molecule has 1 aromatic carbocycles. The molecule has 0 saturated heterocycles. The molecule has 2 aromatic rings. The van der Waals surface area contributed by atoms with Crippen molar-refractivity contribution < 1.29 is 5.11 Å². The number of phenolic OH excluding ortho intramolecular Hbond substituents is 1. The van der Waals surface area contributed by atoms with Gasteiger partial charge in [0.2, 0.25) is 0 Å². The van der Waals surface area contributed by atoms with Crippen molar-refractivity contribution in [2.75, 3.05) is 13.1 Å². The van der Waals surface area contributed by atoms with Gasteiger partial charge in [-0.15, -0.1) is 24.0 Å². The number of nitrogens with zero attached hydrogens (tertiary/aromatic N) is 4. The Hall–Kier alpha value is -1.84. The van der Waals surface area contributed by atoms with Crippen molar-refractivity contribution in [3.05, 3.63) is 41.5 Å². The molecule has 0 saturated carbocycles. The van der Waals surface area contributed by atoms with Crippen LogP contribution in [0.1, 0.15) is 30.6 Å². The Morgan fingerprint density at radius 1 is 1.42 bits per heavy atom. The van der Waals surface area contributed by atoms with E-state index in [0.717, 1.165) is 55.5 Å². The number of fused-ring (bicyclic) bond motifs is 1. The van der Waals surface area contributed by atoms with Gasteiger partial charge in [0.25, 0.3) is 0 Å². The van der Waals surface area contributed by atoms with Crippen LogP contribution >= 0.6 is 24.0 Å². The molecule has 0 radical (unpaired) electrons. The van der Waals surface area contributed by atoms with Crippen LogP contribution in [0.5, 0.6) is 5.75 Å². The maximum absolute atomic E-state index is 9.53. The van der Waals surface area contributed by atoms with Crippen molar-refractivity contribution in [3.63, 3.8) is 0 Å². The van der Waals surface area contributed by atoms with E-state index in [1.165, 1.54) is 0 Å². The fourth-order valence-electron chi connectivity index (χ4n) is 3.07. The lowest BCUT2D eigenvalue weighted by Gasteiger charge is -2.25. The van der Waals surface area contributed by atoms with E-state index in [2.05, 4.69) is 32.6 Å². The average Bonchev–Trinajstić information content (AvgIpc) is 2.94. The van der Waals surface area contributed by atoms with Crippen molar-refractivity contribution in [1.82, 2.24) is 25.4 Å². The monoisotopic (exact) mass is 470 g/mol. The molecule has 0 fully saturated rings. The number of phenols is 1. The summed E-state index contributed by atoms with van der Waals surface area (Å²) in [5.74, 6) is 3.03. The van der Waals surface area contributed by atoms with Crippen molar-refractivity contribution in [3.8, 4) is 5.75 Å². The van der Waals surface area contributed by atoms with Gasteiger partial charge in [-0.1, -0.05) is 12.1 Å². The molecule has 0 amide bonds. The zero-order valence-electron chi connectivity index (χ0n) is 15.3. The molecular formula is C18H27IN6O. The number of halogens is 1. The minimum atomic E-state index is 0. The summed E-state index contributed by atoms with van der Waals surface area (Å²) >= 11 is 0. The summed E-state index contributed by atoms with van der Waals surface area (Å²) in [5, 5.41) is 20.8. The molecule has 1 atom stereocenters. The second-order valence-corrected chi connectivity index (χ2v) is 6.32. The van der Waals surface area contributed by atoms with Crippen LogP contribution in [0.25, 0.3) is 0 Å². The molecule has 3 rings (SSSR count). The SMILES string of the molecule is CCNC(=NCCc1cccc(O)c1)NC1CCc2nc(C)nn2C1.I. The first-order valence-electron chi connectivity index (χ1n) is 8.87. The Morgan fingerprint density at radius 3 is 3.04 bits per heavy atom. The number of guanidine groups is 1. The molecule has 0 spiro atoms. The number of hydrogen-bond donors (Lipinski definition) is 3. The standard InChI is InChI=1S/C18H26N6O.HI/c1-3-19-18(20-10-9-14-5-4-6-16(25)11-14)22-15-7-8-17-21-13(2)23-24(17)12-15;/h4-6,11,15,25H,3,7-10,12H2,1-2H3,(H2,19,20,22);1H. The Bertz CT molecular complexity index is 745. The van der Waals surface area contributed by atoms with E-state index in [1.54, 1.807) is 12.1 Å². The maximum Gasteiger partial charge on any atom is 0.191 e.